The maximum Gasteiger partial charge on any atom is 0.278 e. The highest BCUT2D eigenvalue weighted by atomic mass is 32.2. The fourth-order valence-electron chi connectivity index (χ4n) is 5.84. The molecule has 0 bridgehead atoms. The van der Waals surface area contributed by atoms with Gasteiger partial charge < -0.3 is 9.64 Å². The fourth-order valence-corrected chi connectivity index (χ4v) is 7.99. The number of hydrogen-bond acceptors (Lipinski definition) is 6. The van der Waals surface area contributed by atoms with Gasteiger partial charge in [-0.2, -0.15) is 11.8 Å². The molecule has 0 N–H and O–H groups in total. The second kappa shape index (κ2) is 10.6. The number of rotatable bonds is 4. The van der Waals surface area contributed by atoms with Crippen molar-refractivity contribution in [1.29, 1.82) is 0 Å². The predicted molar refractivity (Wildman–Crippen MR) is 156 cm³/mol. The van der Waals surface area contributed by atoms with Crippen molar-refractivity contribution in [2.24, 2.45) is 0 Å². The maximum absolute atomic E-state index is 15.4. The molecule has 1 saturated heterocycles. The SMILES string of the molecule is O=C1c2c(OCc3ccccc3)c(=O)ccn2N([C@@H]2c3ccccc3SCc3c2ccc(F)c3F)[C@@H]2CSCCN12. The largest absolute Gasteiger partial charge is 0.482 e. The summed E-state index contributed by atoms with van der Waals surface area (Å²) in [6, 6.07) is 20.9. The summed E-state index contributed by atoms with van der Waals surface area (Å²) in [5.41, 5.74) is 2.45. The zero-order chi connectivity index (χ0) is 28.1. The summed E-state index contributed by atoms with van der Waals surface area (Å²) in [6.07, 6.45) is 1.21. The van der Waals surface area contributed by atoms with Gasteiger partial charge in [0.2, 0.25) is 5.43 Å². The van der Waals surface area contributed by atoms with Crippen LogP contribution in [0.1, 0.15) is 38.8 Å². The molecule has 1 aromatic heterocycles. The van der Waals surface area contributed by atoms with E-state index in [4.69, 9.17) is 4.74 Å². The minimum absolute atomic E-state index is 0.0233. The molecule has 6 nitrogen and oxygen atoms in total. The highest BCUT2D eigenvalue weighted by molar-refractivity contribution is 7.99. The van der Waals surface area contributed by atoms with Crippen molar-refractivity contribution >= 4 is 29.4 Å². The number of hydrogen-bond donors (Lipinski definition) is 0. The number of carbonyl (C=O) groups is 1. The van der Waals surface area contributed by atoms with Gasteiger partial charge in [-0.25, -0.2) is 8.78 Å². The summed E-state index contributed by atoms with van der Waals surface area (Å²) in [6.45, 7) is 0.607. The fraction of sp³-hybridized carbons (Fsp3) is 0.226. The number of carbonyl (C=O) groups excluding carboxylic acids is 1. The van der Waals surface area contributed by atoms with E-state index in [0.717, 1.165) is 21.8 Å². The number of ether oxygens (including phenoxy) is 1. The molecule has 3 aromatic carbocycles. The molecule has 3 aliphatic rings. The van der Waals surface area contributed by atoms with Gasteiger partial charge in [-0.3, -0.25) is 19.3 Å². The molecule has 10 heteroatoms. The van der Waals surface area contributed by atoms with E-state index in [1.54, 1.807) is 33.6 Å². The van der Waals surface area contributed by atoms with Crippen molar-refractivity contribution in [3.8, 4) is 5.75 Å². The number of nitrogens with zero attached hydrogens (tertiary/aromatic N) is 3. The van der Waals surface area contributed by atoms with E-state index in [1.165, 1.54) is 23.9 Å². The van der Waals surface area contributed by atoms with Gasteiger partial charge >= 0.3 is 0 Å². The van der Waals surface area contributed by atoms with Crippen molar-refractivity contribution in [3.63, 3.8) is 0 Å². The van der Waals surface area contributed by atoms with Crippen LogP contribution in [0.5, 0.6) is 5.75 Å². The molecular formula is C31H25F2N3O3S2. The molecular weight excluding hydrogens is 564 g/mol. The van der Waals surface area contributed by atoms with Gasteiger partial charge in [-0.1, -0.05) is 54.6 Å². The van der Waals surface area contributed by atoms with Gasteiger partial charge in [0.25, 0.3) is 5.91 Å². The van der Waals surface area contributed by atoms with Crippen molar-refractivity contribution in [1.82, 2.24) is 9.58 Å². The lowest BCUT2D eigenvalue weighted by molar-refractivity contribution is 0.0584. The van der Waals surface area contributed by atoms with Crippen molar-refractivity contribution < 1.29 is 18.3 Å². The summed E-state index contributed by atoms with van der Waals surface area (Å²) in [5, 5.41) is 2.04. The van der Waals surface area contributed by atoms with Crippen LogP contribution in [0.2, 0.25) is 0 Å². The molecule has 0 saturated carbocycles. The van der Waals surface area contributed by atoms with Gasteiger partial charge in [0.05, 0.1) is 6.04 Å². The van der Waals surface area contributed by atoms with E-state index in [0.29, 0.717) is 23.4 Å². The summed E-state index contributed by atoms with van der Waals surface area (Å²) in [4.78, 5) is 30.0. The number of aromatic nitrogens is 1. The molecule has 41 heavy (non-hydrogen) atoms. The standard InChI is InChI=1S/C31H25F2N3O3S2/c32-23-11-10-20-22(27(23)33)17-41-25-9-5-4-8-21(25)28(20)36-26-18-40-15-14-34(26)31(38)29-30(24(37)12-13-35(29)36)39-16-19-6-2-1-3-7-19/h1-13,26,28H,14-18H2/t26-,28+/m1/s1. The molecule has 7 rings (SSSR count). The number of benzene rings is 3. The van der Waals surface area contributed by atoms with Gasteiger partial charge in [-0.15, -0.1) is 11.8 Å². The maximum atomic E-state index is 15.4. The molecule has 0 aliphatic carbocycles. The summed E-state index contributed by atoms with van der Waals surface area (Å²) in [7, 11) is 0. The molecule has 0 spiro atoms. The third-order valence-electron chi connectivity index (χ3n) is 7.76. The first kappa shape index (κ1) is 26.2. The highest BCUT2D eigenvalue weighted by Crippen LogP contribution is 2.45. The topological polar surface area (TPSA) is 54.8 Å². The van der Waals surface area contributed by atoms with Crippen LogP contribution >= 0.6 is 23.5 Å². The van der Waals surface area contributed by atoms with E-state index in [9.17, 15) is 14.0 Å². The Bertz CT molecular complexity index is 1720. The Morgan fingerprint density at radius 2 is 1.73 bits per heavy atom. The molecule has 3 aliphatic heterocycles. The van der Waals surface area contributed by atoms with Crippen molar-refractivity contribution in [2.75, 3.05) is 23.1 Å². The molecule has 0 radical (unpaired) electrons. The number of thioether (sulfide) groups is 2. The van der Waals surface area contributed by atoms with Crippen LogP contribution in [0.3, 0.4) is 0 Å². The minimum atomic E-state index is -0.890. The first-order valence-electron chi connectivity index (χ1n) is 13.3. The lowest BCUT2D eigenvalue weighted by atomic mass is 9.93. The van der Waals surface area contributed by atoms with Crippen LogP contribution in [0, 0.1) is 11.6 Å². The van der Waals surface area contributed by atoms with Gasteiger partial charge in [-0.05, 0) is 28.8 Å². The molecule has 4 heterocycles. The molecule has 2 atom stereocenters. The second-order valence-corrected chi connectivity index (χ2v) is 12.2. The van der Waals surface area contributed by atoms with Crippen molar-refractivity contribution in [3.05, 3.63) is 129 Å². The van der Waals surface area contributed by atoms with E-state index in [-0.39, 0.29) is 35.9 Å². The normalized spacial score (nSPS) is 19.5. The number of amides is 1. The minimum Gasteiger partial charge on any atom is -0.482 e. The summed E-state index contributed by atoms with van der Waals surface area (Å²) < 4.78 is 37.6. The summed E-state index contributed by atoms with van der Waals surface area (Å²) >= 11 is 3.19. The van der Waals surface area contributed by atoms with Gasteiger partial charge in [0.15, 0.2) is 23.1 Å². The van der Waals surface area contributed by atoms with Crippen LogP contribution in [0.4, 0.5) is 8.78 Å². The lowest BCUT2D eigenvalue weighted by Gasteiger charge is -2.51. The Kier molecular flexibility index (Phi) is 6.75. The van der Waals surface area contributed by atoms with Crippen LogP contribution in [-0.2, 0) is 12.4 Å². The van der Waals surface area contributed by atoms with E-state index >= 15 is 4.39 Å². The lowest BCUT2D eigenvalue weighted by Crippen LogP contribution is -2.65. The Balaban J connectivity index is 1.45. The third-order valence-corrected chi connectivity index (χ3v) is 9.88. The van der Waals surface area contributed by atoms with E-state index in [1.807, 2.05) is 59.6 Å². The number of fused-ring (bicyclic) bond motifs is 4. The van der Waals surface area contributed by atoms with E-state index < -0.39 is 23.1 Å². The predicted octanol–water partition coefficient (Wildman–Crippen LogP) is 5.57. The Hall–Kier alpha value is -3.76. The van der Waals surface area contributed by atoms with Crippen LogP contribution in [0.15, 0.2) is 88.7 Å². The van der Waals surface area contributed by atoms with Crippen LogP contribution in [0.25, 0.3) is 0 Å². The summed E-state index contributed by atoms with van der Waals surface area (Å²) in [5.74, 6) is -0.423. The molecule has 0 unspecified atom stereocenters. The molecule has 208 valence electrons. The zero-order valence-electron chi connectivity index (χ0n) is 21.8. The number of halogens is 2. The average molecular weight is 590 g/mol. The Morgan fingerprint density at radius 3 is 2.59 bits per heavy atom. The first-order chi connectivity index (χ1) is 20.0. The van der Waals surface area contributed by atoms with Gasteiger partial charge in [0, 0.05) is 46.5 Å². The van der Waals surface area contributed by atoms with Crippen LogP contribution in [-0.4, -0.2) is 39.7 Å². The first-order valence-corrected chi connectivity index (χ1v) is 15.4. The Morgan fingerprint density at radius 1 is 0.927 bits per heavy atom. The van der Waals surface area contributed by atoms with Crippen LogP contribution < -0.4 is 15.2 Å². The molecule has 1 amide bonds. The smallest absolute Gasteiger partial charge is 0.278 e. The third kappa shape index (κ3) is 4.40. The second-order valence-electron chi connectivity index (χ2n) is 10.1. The monoisotopic (exact) mass is 589 g/mol. The number of pyridine rings is 1. The van der Waals surface area contributed by atoms with Crippen molar-refractivity contribution in [2.45, 2.75) is 29.5 Å². The molecule has 4 aromatic rings. The van der Waals surface area contributed by atoms with Gasteiger partial charge in [0.1, 0.15) is 12.8 Å². The average Bonchev–Trinajstić information content (AvgIpc) is 3.17. The molecule has 1 fully saturated rings. The zero-order valence-corrected chi connectivity index (χ0v) is 23.5. The highest BCUT2D eigenvalue weighted by Gasteiger charge is 2.46. The van der Waals surface area contributed by atoms with E-state index in [2.05, 4.69) is 0 Å². The quantitative estimate of drug-likeness (QED) is 0.311. The Labute approximate surface area is 243 Å².